The molecule has 1 fully saturated rings. The molecule has 1 unspecified atom stereocenters. The highest BCUT2D eigenvalue weighted by Crippen LogP contribution is 2.27. The Kier molecular flexibility index (Phi) is 3.78. The Hall–Kier alpha value is -0.830. The van der Waals surface area contributed by atoms with Crippen LogP contribution in [0.25, 0.3) is 0 Å². The van der Waals surface area contributed by atoms with Crippen molar-refractivity contribution in [3.05, 3.63) is 24.4 Å². The highest BCUT2D eigenvalue weighted by atomic mass is 32.2. The first kappa shape index (κ1) is 10.7. The van der Waals surface area contributed by atoms with Crippen LogP contribution in [-0.2, 0) is 4.79 Å². The number of hydrogen-bond acceptors (Lipinski definition) is 3. The standard InChI is InChI=1S/C12H15NOS/c14-11-5-3-4-10(11)7-9-15-12-6-1-2-8-13-12/h1-2,6,8,10H,3-5,7,9H2. The lowest BCUT2D eigenvalue weighted by Gasteiger charge is -2.06. The minimum Gasteiger partial charge on any atom is -0.299 e. The second kappa shape index (κ2) is 5.31. The molecule has 0 aliphatic heterocycles. The number of carbonyl (C=O) groups is 1. The van der Waals surface area contributed by atoms with Gasteiger partial charge in [-0.3, -0.25) is 4.79 Å². The maximum absolute atomic E-state index is 11.4. The molecular formula is C12H15NOS. The third kappa shape index (κ3) is 3.06. The van der Waals surface area contributed by atoms with E-state index in [1.165, 1.54) is 0 Å². The summed E-state index contributed by atoms with van der Waals surface area (Å²) < 4.78 is 0. The number of hydrogen-bond donors (Lipinski definition) is 0. The van der Waals surface area contributed by atoms with Crippen molar-refractivity contribution in [1.29, 1.82) is 0 Å². The van der Waals surface area contributed by atoms with Gasteiger partial charge in [0.15, 0.2) is 0 Å². The summed E-state index contributed by atoms with van der Waals surface area (Å²) in [6.45, 7) is 0. The number of thioether (sulfide) groups is 1. The summed E-state index contributed by atoms with van der Waals surface area (Å²) in [4.78, 5) is 15.6. The molecule has 3 heteroatoms. The highest BCUT2D eigenvalue weighted by Gasteiger charge is 2.23. The Morgan fingerprint density at radius 2 is 2.40 bits per heavy atom. The summed E-state index contributed by atoms with van der Waals surface area (Å²) in [6.07, 6.45) is 5.82. The zero-order valence-corrected chi connectivity index (χ0v) is 9.50. The van der Waals surface area contributed by atoms with Gasteiger partial charge in [0.1, 0.15) is 5.78 Å². The van der Waals surface area contributed by atoms with E-state index in [9.17, 15) is 4.79 Å². The predicted octanol–water partition coefficient (Wildman–Crippen LogP) is 2.93. The van der Waals surface area contributed by atoms with Gasteiger partial charge in [-0.1, -0.05) is 6.07 Å². The quantitative estimate of drug-likeness (QED) is 0.732. The fraction of sp³-hybridized carbons (Fsp3) is 0.500. The molecular weight excluding hydrogens is 206 g/mol. The minimum atomic E-state index is 0.334. The number of aromatic nitrogens is 1. The molecule has 1 atom stereocenters. The molecule has 0 aromatic carbocycles. The van der Waals surface area contributed by atoms with Crippen LogP contribution in [0.1, 0.15) is 25.7 Å². The van der Waals surface area contributed by atoms with E-state index in [0.717, 1.165) is 36.5 Å². The first-order chi connectivity index (χ1) is 7.36. The van der Waals surface area contributed by atoms with Gasteiger partial charge in [0.2, 0.25) is 0 Å². The van der Waals surface area contributed by atoms with Gasteiger partial charge in [-0.15, -0.1) is 11.8 Å². The van der Waals surface area contributed by atoms with E-state index in [1.54, 1.807) is 11.8 Å². The van der Waals surface area contributed by atoms with Crippen LogP contribution < -0.4 is 0 Å². The third-order valence-corrected chi connectivity index (χ3v) is 3.76. The maximum Gasteiger partial charge on any atom is 0.136 e. The molecule has 1 aromatic heterocycles. The molecule has 0 spiro atoms. The number of nitrogens with zero attached hydrogens (tertiary/aromatic N) is 1. The van der Waals surface area contributed by atoms with E-state index in [0.29, 0.717) is 11.7 Å². The summed E-state index contributed by atoms with van der Waals surface area (Å²) in [5.41, 5.74) is 0. The molecule has 2 rings (SSSR count). The van der Waals surface area contributed by atoms with Crippen molar-refractivity contribution < 1.29 is 4.79 Å². The molecule has 0 radical (unpaired) electrons. The van der Waals surface area contributed by atoms with Crippen LogP contribution in [0.3, 0.4) is 0 Å². The summed E-state index contributed by atoms with van der Waals surface area (Å²) in [6, 6.07) is 5.93. The normalized spacial score (nSPS) is 20.8. The zero-order valence-electron chi connectivity index (χ0n) is 8.69. The van der Waals surface area contributed by atoms with Crippen molar-refractivity contribution in [1.82, 2.24) is 4.98 Å². The van der Waals surface area contributed by atoms with Gasteiger partial charge in [-0.2, -0.15) is 0 Å². The Morgan fingerprint density at radius 1 is 1.47 bits per heavy atom. The maximum atomic E-state index is 11.4. The molecule has 0 bridgehead atoms. The highest BCUT2D eigenvalue weighted by molar-refractivity contribution is 7.99. The van der Waals surface area contributed by atoms with E-state index < -0.39 is 0 Å². The summed E-state index contributed by atoms with van der Waals surface area (Å²) >= 11 is 1.75. The van der Waals surface area contributed by atoms with Crippen LogP contribution in [-0.4, -0.2) is 16.5 Å². The minimum absolute atomic E-state index is 0.334. The smallest absolute Gasteiger partial charge is 0.136 e. The first-order valence-corrected chi connectivity index (χ1v) is 6.41. The lowest BCUT2D eigenvalue weighted by Crippen LogP contribution is -2.06. The molecule has 80 valence electrons. The molecule has 0 amide bonds. The van der Waals surface area contributed by atoms with E-state index in [-0.39, 0.29) is 0 Å². The SMILES string of the molecule is O=C1CCCC1CCSc1ccccn1. The van der Waals surface area contributed by atoms with Crippen LogP contribution in [0, 0.1) is 5.92 Å². The third-order valence-electron chi connectivity index (χ3n) is 2.79. The van der Waals surface area contributed by atoms with Gasteiger partial charge in [0, 0.05) is 24.3 Å². The Labute approximate surface area is 94.5 Å². The summed E-state index contributed by atoms with van der Waals surface area (Å²) in [5, 5.41) is 1.06. The van der Waals surface area contributed by atoms with Crippen molar-refractivity contribution in [2.24, 2.45) is 5.92 Å². The largest absolute Gasteiger partial charge is 0.299 e. The number of Topliss-reactive ketones (excluding diaryl/α,β-unsaturated/α-hetero) is 1. The Bertz CT molecular complexity index is 326. The van der Waals surface area contributed by atoms with Crippen LogP contribution >= 0.6 is 11.8 Å². The summed E-state index contributed by atoms with van der Waals surface area (Å²) in [7, 11) is 0. The fourth-order valence-electron chi connectivity index (χ4n) is 1.93. The number of carbonyl (C=O) groups excluding carboxylic acids is 1. The molecule has 1 aromatic rings. The fourth-order valence-corrected chi connectivity index (χ4v) is 2.85. The summed E-state index contributed by atoms with van der Waals surface area (Å²) in [5.74, 6) is 1.81. The van der Waals surface area contributed by atoms with Crippen molar-refractivity contribution >= 4 is 17.5 Å². The second-order valence-electron chi connectivity index (χ2n) is 3.86. The Balaban J connectivity index is 1.73. The van der Waals surface area contributed by atoms with Crippen LogP contribution in [0.15, 0.2) is 29.4 Å². The van der Waals surface area contributed by atoms with Crippen molar-refractivity contribution in [2.75, 3.05) is 5.75 Å². The average molecular weight is 221 g/mol. The molecule has 0 N–H and O–H groups in total. The lowest BCUT2D eigenvalue weighted by atomic mass is 10.1. The van der Waals surface area contributed by atoms with E-state index in [4.69, 9.17) is 0 Å². The van der Waals surface area contributed by atoms with Crippen LogP contribution in [0.5, 0.6) is 0 Å². The molecule has 1 saturated carbocycles. The van der Waals surface area contributed by atoms with Crippen molar-refractivity contribution in [3.8, 4) is 0 Å². The number of rotatable bonds is 4. The van der Waals surface area contributed by atoms with Gasteiger partial charge in [-0.05, 0) is 31.4 Å². The van der Waals surface area contributed by atoms with Crippen molar-refractivity contribution in [3.63, 3.8) is 0 Å². The van der Waals surface area contributed by atoms with E-state index in [1.807, 2.05) is 24.4 Å². The van der Waals surface area contributed by atoms with E-state index in [2.05, 4.69) is 4.98 Å². The molecule has 2 nitrogen and oxygen atoms in total. The monoisotopic (exact) mass is 221 g/mol. The van der Waals surface area contributed by atoms with Gasteiger partial charge in [0.05, 0.1) is 5.03 Å². The van der Waals surface area contributed by atoms with Gasteiger partial charge in [-0.25, -0.2) is 4.98 Å². The zero-order chi connectivity index (χ0) is 10.5. The Morgan fingerprint density at radius 3 is 3.07 bits per heavy atom. The first-order valence-electron chi connectivity index (χ1n) is 5.43. The van der Waals surface area contributed by atoms with Gasteiger partial charge >= 0.3 is 0 Å². The predicted molar refractivity (Wildman–Crippen MR) is 61.9 cm³/mol. The molecule has 15 heavy (non-hydrogen) atoms. The topological polar surface area (TPSA) is 30.0 Å². The average Bonchev–Trinajstić information content (AvgIpc) is 2.66. The van der Waals surface area contributed by atoms with Crippen LogP contribution in [0.2, 0.25) is 0 Å². The van der Waals surface area contributed by atoms with E-state index >= 15 is 0 Å². The molecule has 1 heterocycles. The molecule has 1 aliphatic carbocycles. The number of ketones is 1. The van der Waals surface area contributed by atoms with Gasteiger partial charge < -0.3 is 0 Å². The van der Waals surface area contributed by atoms with Crippen molar-refractivity contribution in [2.45, 2.75) is 30.7 Å². The lowest BCUT2D eigenvalue weighted by molar-refractivity contribution is -0.120. The number of pyridine rings is 1. The van der Waals surface area contributed by atoms with Gasteiger partial charge in [0.25, 0.3) is 0 Å². The second-order valence-corrected chi connectivity index (χ2v) is 4.98. The molecule has 1 aliphatic rings. The van der Waals surface area contributed by atoms with Crippen LogP contribution in [0.4, 0.5) is 0 Å². The molecule has 0 saturated heterocycles.